The van der Waals surface area contributed by atoms with Gasteiger partial charge in [0.05, 0.1) is 10.6 Å². The lowest BCUT2D eigenvalue weighted by Crippen LogP contribution is -2.39. The fraction of sp³-hybridized carbons (Fsp3) is 0.538. The number of pyridine rings is 1. The van der Waals surface area contributed by atoms with Crippen LogP contribution in [0.3, 0.4) is 0 Å². The zero-order chi connectivity index (χ0) is 13.8. The van der Waals surface area contributed by atoms with Gasteiger partial charge in [-0.15, -0.1) is 0 Å². The molecule has 0 bridgehead atoms. The molecule has 0 spiro atoms. The van der Waals surface area contributed by atoms with E-state index < -0.39 is 0 Å². The number of carbonyl (C=O) groups is 1. The maximum Gasteiger partial charge on any atom is 0.255 e. The highest BCUT2D eigenvalue weighted by molar-refractivity contribution is 6.33. The molecule has 5 nitrogen and oxygen atoms in total. The maximum absolute atomic E-state index is 12.3. The molecule has 0 aliphatic carbocycles. The standard InChI is InChI=1S/C13H18ClN3O2/c1-15-12-11(14)6-10(7-16-12)13(19)17-4-2-9(8-18)3-5-17/h6-7,9,18H,2-5,8H2,1H3,(H,15,16). The van der Waals surface area contributed by atoms with Crippen molar-refractivity contribution >= 4 is 23.3 Å². The van der Waals surface area contributed by atoms with Gasteiger partial charge < -0.3 is 15.3 Å². The van der Waals surface area contributed by atoms with E-state index in [2.05, 4.69) is 10.3 Å². The zero-order valence-electron chi connectivity index (χ0n) is 10.9. The predicted octanol–water partition coefficient (Wildman–Crippen LogP) is 1.62. The Balaban J connectivity index is 2.06. The summed E-state index contributed by atoms with van der Waals surface area (Å²) in [5, 5.41) is 12.4. The van der Waals surface area contributed by atoms with Crippen LogP contribution >= 0.6 is 11.6 Å². The average Bonchev–Trinajstić information content (AvgIpc) is 2.46. The molecule has 1 fully saturated rings. The number of hydrogen-bond donors (Lipinski definition) is 2. The number of nitrogens with one attached hydrogen (secondary N) is 1. The van der Waals surface area contributed by atoms with Gasteiger partial charge in [0.15, 0.2) is 0 Å². The van der Waals surface area contributed by atoms with E-state index in [1.807, 2.05) is 0 Å². The predicted molar refractivity (Wildman–Crippen MR) is 74.5 cm³/mol. The van der Waals surface area contributed by atoms with Crippen molar-refractivity contribution in [3.8, 4) is 0 Å². The Morgan fingerprint density at radius 1 is 1.58 bits per heavy atom. The van der Waals surface area contributed by atoms with Gasteiger partial charge in [0.1, 0.15) is 5.82 Å². The molecule has 2 rings (SSSR count). The van der Waals surface area contributed by atoms with Crippen molar-refractivity contribution in [2.75, 3.05) is 32.1 Å². The van der Waals surface area contributed by atoms with Crippen molar-refractivity contribution in [3.05, 3.63) is 22.8 Å². The Bertz CT molecular complexity index is 459. The molecule has 1 aliphatic rings. The lowest BCUT2D eigenvalue weighted by molar-refractivity contribution is 0.0650. The molecule has 0 unspecified atom stereocenters. The van der Waals surface area contributed by atoms with Crippen LogP contribution in [0, 0.1) is 5.92 Å². The third-order valence-corrected chi connectivity index (χ3v) is 3.77. The van der Waals surface area contributed by atoms with Crippen LogP contribution in [0.1, 0.15) is 23.2 Å². The number of amides is 1. The van der Waals surface area contributed by atoms with Crippen molar-refractivity contribution in [2.45, 2.75) is 12.8 Å². The molecule has 1 aromatic rings. The van der Waals surface area contributed by atoms with Crippen LogP contribution in [0.4, 0.5) is 5.82 Å². The van der Waals surface area contributed by atoms with Gasteiger partial charge in [-0.25, -0.2) is 4.98 Å². The minimum atomic E-state index is -0.0477. The molecule has 0 radical (unpaired) electrons. The highest BCUT2D eigenvalue weighted by atomic mass is 35.5. The van der Waals surface area contributed by atoms with Gasteiger partial charge in [-0.05, 0) is 24.8 Å². The summed E-state index contributed by atoms with van der Waals surface area (Å²) in [5.74, 6) is 0.836. The largest absolute Gasteiger partial charge is 0.396 e. The Kier molecular flexibility index (Phi) is 4.61. The fourth-order valence-electron chi connectivity index (χ4n) is 2.24. The molecule has 104 valence electrons. The molecule has 2 N–H and O–H groups in total. The number of likely N-dealkylation sites (tertiary alicyclic amines) is 1. The highest BCUT2D eigenvalue weighted by Gasteiger charge is 2.23. The number of nitrogens with zero attached hydrogens (tertiary/aromatic N) is 2. The summed E-state index contributed by atoms with van der Waals surface area (Å²) in [4.78, 5) is 18.2. The zero-order valence-corrected chi connectivity index (χ0v) is 11.7. The van der Waals surface area contributed by atoms with E-state index in [0.717, 1.165) is 12.8 Å². The first-order valence-electron chi connectivity index (χ1n) is 6.39. The molecule has 0 atom stereocenters. The highest BCUT2D eigenvalue weighted by Crippen LogP contribution is 2.22. The van der Waals surface area contributed by atoms with Crippen molar-refractivity contribution in [1.29, 1.82) is 0 Å². The second kappa shape index (κ2) is 6.21. The molecule has 0 saturated carbocycles. The number of piperidine rings is 1. The molecule has 1 aliphatic heterocycles. The van der Waals surface area contributed by atoms with E-state index >= 15 is 0 Å². The maximum atomic E-state index is 12.3. The normalized spacial score (nSPS) is 16.5. The van der Waals surface area contributed by atoms with E-state index in [1.165, 1.54) is 6.20 Å². The van der Waals surface area contributed by atoms with Crippen LogP contribution in [0.15, 0.2) is 12.3 Å². The van der Waals surface area contributed by atoms with Crippen LogP contribution in [-0.2, 0) is 0 Å². The van der Waals surface area contributed by atoms with Crippen LogP contribution in [0.25, 0.3) is 0 Å². The molecule has 1 amide bonds. The lowest BCUT2D eigenvalue weighted by Gasteiger charge is -2.31. The summed E-state index contributed by atoms with van der Waals surface area (Å²) in [6.07, 6.45) is 3.23. The van der Waals surface area contributed by atoms with E-state index in [9.17, 15) is 4.79 Å². The second-order valence-corrected chi connectivity index (χ2v) is 5.13. The van der Waals surface area contributed by atoms with Gasteiger partial charge in [-0.3, -0.25) is 4.79 Å². The van der Waals surface area contributed by atoms with Crippen molar-refractivity contribution < 1.29 is 9.90 Å². The number of halogens is 1. The first-order chi connectivity index (χ1) is 9.15. The third kappa shape index (κ3) is 3.16. The van der Waals surface area contributed by atoms with Gasteiger partial charge in [0, 0.05) is 32.9 Å². The van der Waals surface area contributed by atoms with Crippen LogP contribution < -0.4 is 5.32 Å². The minimum Gasteiger partial charge on any atom is -0.396 e. The van der Waals surface area contributed by atoms with E-state index in [4.69, 9.17) is 16.7 Å². The molecule has 6 heteroatoms. The number of carbonyl (C=O) groups excluding carboxylic acids is 1. The van der Waals surface area contributed by atoms with Crippen LogP contribution in [0.2, 0.25) is 5.02 Å². The van der Waals surface area contributed by atoms with E-state index in [0.29, 0.717) is 35.4 Å². The monoisotopic (exact) mass is 283 g/mol. The minimum absolute atomic E-state index is 0.0477. The molecule has 0 aromatic carbocycles. The average molecular weight is 284 g/mol. The summed E-state index contributed by atoms with van der Waals surface area (Å²) in [5.41, 5.74) is 0.506. The van der Waals surface area contributed by atoms with Gasteiger partial charge in [0.25, 0.3) is 5.91 Å². The summed E-state index contributed by atoms with van der Waals surface area (Å²) in [6, 6.07) is 1.64. The number of anilines is 1. The Labute approximate surface area is 117 Å². The topological polar surface area (TPSA) is 65.5 Å². The van der Waals surface area contributed by atoms with Crippen LogP contribution in [0.5, 0.6) is 0 Å². The Hall–Kier alpha value is -1.33. The fourth-order valence-corrected chi connectivity index (χ4v) is 2.50. The Morgan fingerprint density at radius 2 is 2.26 bits per heavy atom. The molecule has 2 heterocycles. The number of hydrogen-bond acceptors (Lipinski definition) is 4. The van der Waals surface area contributed by atoms with Gasteiger partial charge in [0.2, 0.25) is 0 Å². The SMILES string of the molecule is CNc1ncc(C(=O)N2CCC(CO)CC2)cc1Cl. The molecule has 1 aromatic heterocycles. The van der Waals surface area contributed by atoms with Gasteiger partial charge in [-0.2, -0.15) is 0 Å². The molecule has 1 saturated heterocycles. The summed E-state index contributed by atoms with van der Waals surface area (Å²) in [6.45, 7) is 1.55. The number of aliphatic hydroxyl groups excluding tert-OH is 1. The summed E-state index contributed by atoms with van der Waals surface area (Å²) in [7, 11) is 1.73. The summed E-state index contributed by atoms with van der Waals surface area (Å²) >= 11 is 6.03. The lowest BCUT2D eigenvalue weighted by atomic mass is 9.97. The van der Waals surface area contributed by atoms with Gasteiger partial charge >= 0.3 is 0 Å². The molecular formula is C13H18ClN3O2. The third-order valence-electron chi connectivity index (χ3n) is 3.48. The van der Waals surface area contributed by atoms with E-state index in [1.54, 1.807) is 18.0 Å². The van der Waals surface area contributed by atoms with Crippen LogP contribution in [-0.4, -0.2) is 47.6 Å². The first-order valence-corrected chi connectivity index (χ1v) is 6.77. The number of aromatic nitrogens is 1. The quantitative estimate of drug-likeness (QED) is 0.885. The number of rotatable bonds is 3. The van der Waals surface area contributed by atoms with Crippen molar-refractivity contribution in [3.63, 3.8) is 0 Å². The molecule has 19 heavy (non-hydrogen) atoms. The smallest absolute Gasteiger partial charge is 0.255 e. The molecular weight excluding hydrogens is 266 g/mol. The first kappa shape index (κ1) is 14.1. The number of aliphatic hydroxyl groups is 1. The van der Waals surface area contributed by atoms with Crippen molar-refractivity contribution in [2.24, 2.45) is 5.92 Å². The van der Waals surface area contributed by atoms with Crippen molar-refractivity contribution in [1.82, 2.24) is 9.88 Å². The Morgan fingerprint density at radius 3 is 2.79 bits per heavy atom. The second-order valence-electron chi connectivity index (χ2n) is 4.72. The van der Waals surface area contributed by atoms with Gasteiger partial charge in [-0.1, -0.05) is 11.6 Å². The summed E-state index contributed by atoms with van der Waals surface area (Å²) < 4.78 is 0. The van der Waals surface area contributed by atoms with E-state index in [-0.39, 0.29) is 12.5 Å².